The Morgan fingerprint density at radius 1 is 1.28 bits per heavy atom. The number of halogens is 3. The van der Waals surface area contributed by atoms with E-state index in [9.17, 15) is 18.0 Å². The summed E-state index contributed by atoms with van der Waals surface area (Å²) in [6.45, 7) is 4.00. The third-order valence-electron chi connectivity index (χ3n) is 6.59. The fourth-order valence-electron chi connectivity index (χ4n) is 4.52. The van der Waals surface area contributed by atoms with E-state index in [-0.39, 0.29) is 11.5 Å². The van der Waals surface area contributed by atoms with Crippen LogP contribution in [-0.4, -0.2) is 82.0 Å². The number of nitrogens with zero attached hydrogens (tertiary/aromatic N) is 4. The van der Waals surface area contributed by atoms with Gasteiger partial charge in [-0.15, -0.1) is 0 Å². The molecule has 1 atom stereocenters. The van der Waals surface area contributed by atoms with Crippen LogP contribution in [0, 0.1) is 5.92 Å². The number of carbonyl (C=O) groups excluding carboxylic acids is 1. The second-order valence-electron chi connectivity index (χ2n) is 9.81. The third kappa shape index (κ3) is 6.61. The quantitative estimate of drug-likeness (QED) is 0.631. The summed E-state index contributed by atoms with van der Waals surface area (Å²) in [6.07, 6.45) is 3.07. The summed E-state index contributed by atoms with van der Waals surface area (Å²) in [5, 5.41) is 11.1. The van der Waals surface area contributed by atoms with E-state index in [4.69, 9.17) is 19.2 Å². The Morgan fingerprint density at radius 3 is 2.56 bits per heavy atom. The van der Waals surface area contributed by atoms with E-state index in [1.807, 2.05) is 23.2 Å². The largest absolute Gasteiger partial charge is 0.490 e. The van der Waals surface area contributed by atoms with Crippen LogP contribution in [0.2, 0.25) is 0 Å². The van der Waals surface area contributed by atoms with E-state index in [0.29, 0.717) is 30.6 Å². The number of carboxylic acid groups (broad SMARTS) is 1. The van der Waals surface area contributed by atoms with Gasteiger partial charge in [0.1, 0.15) is 11.4 Å². The van der Waals surface area contributed by atoms with Crippen molar-refractivity contribution in [1.29, 1.82) is 0 Å². The lowest BCUT2D eigenvalue weighted by molar-refractivity contribution is -0.192. The first kappa shape index (κ1) is 26.1. The number of pyridine rings is 1. The normalized spacial score (nSPS) is 21.0. The van der Waals surface area contributed by atoms with Crippen molar-refractivity contribution >= 4 is 11.9 Å². The van der Waals surface area contributed by atoms with Crippen molar-refractivity contribution in [1.82, 2.24) is 19.9 Å². The molecule has 1 spiro atoms. The second-order valence-corrected chi connectivity index (χ2v) is 9.81. The Morgan fingerprint density at radius 2 is 2.00 bits per heavy atom. The molecule has 1 N–H and O–H groups in total. The van der Waals surface area contributed by atoms with Crippen LogP contribution < -0.4 is 0 Å². The highest BCUT2D eigenvalue weighted by Crippen LogP contribution is 2.41. The highest BCUT2D eigenvalue weighted by molar-refractivity contribution is 5.93. The lowest BCUT2D eigenvalue weighted by Crippen LogP contribution is -2.66. The van der Waals surface area contributed by atoms with Gasteiger partial charge >= 0.3 is 12.1 Å². The number of hydrogen-bond acceptors (Lipinski definition) is 7. The van der Waals surface area contributed by atoms with E-state index in [2.05, 4.69) is 28.2 Å². The Labute approximate surface area is 206 Å². The zero-order valence-corrected chi connectivity index (χ0v) is 19.9. The Kier molecular flexibility index (Phi) is 7.65. The van der Waals surface area contributed by atoms with Gasteiger partial charge in [0, 0.05) is 37.5 Å². The number of amides is 1. The van der Waals surface area contributed by atoms with E-state index < -0.39 is 12.1 Å². The van der Waals surface area contributed by atoms with Crippen molar-refractivity contribution in [3.8, 4) is 0 Å². The molecule has 2 aromatic rings. The molecule has 9 nitrogen and oxygen atoms in total. The molecule has 196 valence electrons. The van der Waals surface area contributed by atoms with Crippen molar-refractivity contribution in [2.24, 2.45) is 5.92 Å². The summed E-state index contributed by atoms with van der Waals surface area (Å²) in [4.78, 5) is 29.9. The molecule has 1 amide bonds. The molecule has 2 aromatic heterocycles. The smallest absolute Gasteiger partial charge is 0.475 e. The average molecular weight is 511 g/mol. The molecule has 36 heavy (non-hydrogen) atoms. The van der Waals surface area contributed by atoms with E-state index in [0.717, 1.165) is 51.1 Å². The molecule has 0 radical (unpaired) electrons. The second kappa shape index (κ2) is 10.6. The van der Waals surface area contributed by atoms with Crippen molar-refractivity contribution in [3.05, 3.63) is 47.6 Å². The zero-order valence-electron chi connectivity index (χ0n) is 19.9. The molecule has 1 aliphatic carbocycles. The maximum absolute atomic E-state index is 12.6. The minimum atomic E-state index is -5.08. The van der Waals surface area contributed by atoms with Gasteiger partial charge in [-0.2, -0.15) is 13.2 Å². The molecule has 3 aliphatic rings. The summed E-state index contributed by atoms with van der Waals surface area (Å²) in [7, 11) is 2.15. The Bertz CT molecular complexity index is 1040. The number of carbonyl (C=O) groups is 2. The third-order valence-corrected chi connectivity index (χ3v) is 6.59. The fraction of sp³-hybridized carbons (Fsp3) is 0.583. The van der Waals surface area contributed by atoms with Gasteiger partial charge in [-0.3, -0.25) is 9.78 Å². The van der Waals surface area contributed by atoms with E-state index in [1.165, 1.54) is 5.56 Å². The van der Waals surface area contributed by atoms with E-state index >= 15 is 0 Å². The minimum absolute atomic E-state index is 0.0341. The van der Waals surface area contributed by atoms with Crippen LogP contribution in [0.3, 0.4) is 0 Å². The molecule has 2 saturated heterocycles. The molecule has 1 unspecified atom stereocenters. The van der Waals surface area contributed by atoms with Crippen LogP contribution in [0.4, 0.5) is 13.2 Å². The monoisotopic (exact) mass is 510 g/mol. The number of alkyl halides is 3. The first-order chi connectivity index (χ1) is 17.0. The first-order valence-corrected chi connectivity index (χ1v) is 11.8. The van der Waals surface area contributed by atoms with Gasteiger partial charge in [0.2, 0.25) is 0 Å². The summed E-state index contributed by atoms with van der Waals surface area (Å²) in [5.74, 6) is -0.929. The van der Waals surface area contributed by atoms with Crippen LogP contribution in [0.25, 0.3) is 0 Å². The minimum Gasteiger partial charge on any atom is -0.475 e. The van der Waals surface area contributed by atoms with Crippen LogP contribution in [-0.2, 0) is 16.1 Å². The van der Waals surface area contributed by atoms with Gasteiger partial charge in [0.25, 0.3) is 5.91 Å². The topological polar surface area (TPSA) is 109 Å². The van der Waals surface area contributed by atoms with Gasteiger partial charge in [-0.25, -0.2) is 4.79 Å². The number of aromatic nitrogens is 2. The van der Waals surface area contributed by atoms with Gasteiger partial charge < -0.3 is 24.2 Å². The highest BCUT2D eigenvalue weighted by atomic mass is 19.4. The number of aliphatic carboxylic acids is 1. The maximum atomic E-state index is 12.6. The maximum Gasteiger partial charge on any atom is 0.490 e. The molecule has 1 saturated carbocycles. The van der Waals surface area contributed by atoms with Gasteiger partial charge in [-0.05, 0) is 50.3 Å². The predicted octanol–water partition coefficient (Wildman–Crippen LogP) is 3.33. The van der Waals surface area contributed by atoms with Gasteiger partial charge in [-0.1, -0.05) is 11.2 Å². The van der Waals surface area contributed by atoms with Crippen molar-refractivity contribution in [2.45, 2.75) is 49.9 Å². The lowest BCUT2D eigenvalue weighted by Gasteiger charge is -2.52. The molecule has 12 heteroatoms. The number of likely N-dealkylation sites (tertiary alicyclic amines) is 1. The SMILES string of the molecule is CN(Cc1cccnc1)CC1CCC2(CN(C(=O)c3cc(C4CC4)on3)C2)OC1.O=C(O)C(F)(F)F. The zero-order chi connectivity index (χ0) is 25.9. The van der Waals surface area contributed by atoms with Crippen LogP contribution in [0.15, 0.2) is 35.1 Å². The standard InChI is InChI=1S/C22H28N4O3.C2HF3O2/c1-25(11-16-3-2-8-23-10-16)12-17-6-7-22(28-13-17)14-26(15-22)21(27)19-9-20(29-24-19)18-4-5-18;3-2(4,5)1(6)7/h2-3,8-10,17-18H,4-7,11-15H2,1H3;(H,6,7). The predicted molar refractivity (Wildman–Crippen MR) is 120 cm³/mol. The summed E-state index contributed by atoms with van der Waals surface area (Å²) in [5.41, 5.74) is 1.51. The first-order valence-electron chi connectivity index (χ1n) is 11.8. The molecular formula is C24H29F3N4O5. The summed E-state index contributed by atoms with van der Waals surface area (Å²) >= 11 is 0. The lowest BCUT2D eigenvalue weighted by atomic mass is 9.82. The fourth-order valence-corrected chi connectivity index (χ4v) is 4.52. The Balaban J connectivity index is 0.000000384. The molecule has 2 aliphatic heterocycles. The summed E-state index contributed by atoms with van der Waals surface area (Å²) < 4.78 is 43.3. The molecular weight excluding hydrogens is 481 g/mol. The molecule has 3 fully saturated rings. The van der Waals surface area contributed by atoms with Gasteiger partial charge in [0.15, 0.2) is 5.69 Å². The van der Waals surface area contributed by atoms with Crippen LogP contribution in [0.5, 0.6) is 0 Å². The van der Waals surface area contributed by atoms with Crippen molar-refractivity contribution < 1.29 is 37.1 Å². The highest BCUT2D eigenvalue weighted by Gasteiger charge is 2.49. The van der Waals surface area contributed by atoms with Crippen molar-refractivity contribution in [2.75, 3.05) is 33.3 Å². The molecule has 5 rings (SSSR count). The number of carboxylic acids is 1. The Hall–Kier alpha value is -2.99. The number of hydrogen-bond donors (Lipinski definition) is 1. The molecule has 4 heterocycles. The molecule has 0 aromatic carbocycles. The van der Waals surface area contributed by atoms with Crippen LogP contribution >= 0.6 is 0 Å². The number of rotatable bonds is 6. The summed E-state index contributed by atoms with van der Waals surface area (Å²) in [6, 6.07) is 5.91. The van der Waals surface area contributed by atoms with Gasteiger partial charge in [0.05, 0.1) is 19.7 Å². The molecule has 0 bridgehead atoms. The average Bonchev–Trinajstić information content (AvgIpc) is 3.54. The van der Waals surface area contributed by atoms with Crippen LogP contribution in [0.1, 0.15) is 53.4 Å². The van der Waals surface area contributed by atoms with E-state index in [1.54, 1.807) is 6.20 Å². The number of ether oxygens (including phenoxy) is 1. The van der Waals surface area contributed by atoms with Crippen molar-refractivity contribution in [3.63, 3.8) is 0 Å².